The summed E-state index contributed by atoms with van der Waals surface area (Å²) in [4.78, 5) is 13.5. The van der Waals surface area contributed by atoms with Crippen LogP contribution in [-0.2, 0) is 4.79 Å². The fraction of sp³-hybridized carbons (Fsp3) is 0.727. The molecule has 0 rings (SSSR count). The van der Waals surface area contributed by atoms with Gasteiger partial charge >= 0.3 is 0 Å². The Bertz CT molecular complexity index is 195. The molecular weight excluding hydrogens is 192 g/mol. The lowest BCUT2D eigenvalue weighted by atomic mass is 10.0. The minimum atomic E-state index is -0.0277. The Morgan fingerprint density at radius 1 is 1.67 bits per heavy atom. The molecule has 0 radical (unpaired) electrons. The number of carbonyl (C=O) groups is 1. The van der Waals surface area contributed by atoms with E-state index >= 15 is 0 Å². The van der Waals surface area contributed by atoms with Gasteiger partial charge in [-0.2, -0.15) is 0 Å². The average molecular weight is 214 g/mol. The second kappa shape index (κ2) is 8.44. The molecule has 0 aromatic carbocycles. The molecular formula is C11H22N2O2. The van der Waals surface area contributed by atoms with Crippen LogP contribution in [0, 0.1) is 5.92 Å². The number of hydrogen-bond donors (Lipinski definition) is 2. The van der Waals surface area contributed by atoms with Crippen LogP contribution < -0.4 is 5.73 Å². The number of nitrogens with two attached hydrogens (primary N) is 1. The SMILES string of the molecule is C=CCN(CCO)C(=O)C(C)CCCN. The van der Waals surface area contributed by atoms with E-state index in [1.807, 2.05) is 6.92 Å². The molecule has 4 heteroatoms. The third-order valence-electron chi connectivity index (χ3n) is 2.29. The van der Waals surface area contributed by atoms with Crippen LogP contribution in [0.2, 0.25) is 0 Å². The minimum absolute atomic E-state index is 0.0107. The molecule has 1 amide bonds. The van der Waals surface area contributed by atoms with Gasteiger partial charge in [-0.3, -0.25) is 4.79 Å². The number of aliphatic hydroxyl groups is 1. The van der Waals surface area contributed by atoms with E-state index in [9.17, 15) is 4.79 Å². The van der Waals surface area contributed by atoms with Crippen molar-refractivity contribution in [3.05, 3.63) is 12.7 Å². The molecule has 1 unspecified atom stereocenters. The van der Waals surface area contributed by atoms with Crippen LogP contribution in [0.25, 0.3) is 0 Å². The summed E-state index contributed by atoms with van der Waals surface area (Å²) in [6, 6.07) is 0. The molecule has 3 N–H and O–H groups in total. The Hall–Kier alpha value is -0.870. The third kappa shape index (κ3) is 5.54. The topological polar surface area (TPSA) is 66.6 Å². The predicted molar refractivity (Wildman–Crippen MR) is 61.3 cm³/mol. The lowest BCUT2D eigenvalue weighted by molar-refractivity contribution is -0.135. The summed E-state index contributed by atoms with van der Waals surface area (Å²) >= 11 is 0. The van der Waals surface area contributed by atoms with Gasteiger partial charge in [0.1, 0.15) is 0 Å². The molecule has 0 spiro atoms. The van der Waals surface area contributed by atoms with E-state index in [0.717, 1.165) is 12.8 Å². The first-order valence-electron chi connectivity index (χ1n) is 5.38. The zero-order valence-electron chi connectivity index (χ0n) is 9.48. The number of aliphatic hydroxyl groups excluding tert-OH is 1. The van der Waals surface area contributed by atoms with Gasteiger partial charge in [0.05, 0.1) is 6.61 Å². The van der Waals surface area contributed by atoms with Crippen molar-refractivity contribution in [1.29, 1.82) is 0 Å². The summed E-state index contributed by atoms with van der Waals surface area (Å²) in [7, 11) is 0. The van der Waals surface area contributed by atoms with Crippen LogP contribution in [0.15, 0.2) is 12.7 Å². The van der Waals surface area contributed by atoms with Crippen molar-refractivity contribution in [1.82, 2.24) is 4.90 Å². The molecule has 4 nitrogen and oxygen atoms in total. The van der Waals surface area contributed by atoms with Crippen molar-refractivity contribution in [2.45, 2.75) is 19.8 Å². The summed E-state index contributed by atoms with van der Waals surface area (Å²) in [5, 5.41) is 8.82. The zero-order chi connectivity index (χ0) is 11.7. The molecule has 0 bridgehead atoms. The van der Waals surface area contributed by atoms with Gasteiger partial charge in [-0.15, -0.1) is 6.58 Å². The van der Waals surface area contributed by atoms with Gasteiger partial charge < -0.3 is 15.7 Å². The predicted octanol–water partition coefficient (Wildman–Crippen LogP) is 0.368. The van der Waals surface area contributed by atoms with E-state index < -0.39 is 0 Å². The first kappa shape index (κ1) is 14.1. The number of rotatable bonds is 8. The van der Waals surface area contributed by atoms with Crippen molar-refractivity contribution in [2.24, 2.45) is 11.7 Å². The van der Waals surface area contributed by atoms with Crippen LogP contribution >= 0.6 is 0 Å². The second-order valence-electron chi connectivity index (χ2n) is 3.63. The molecule has 1 atom stereocenters. The van der Waals surface area contributed by atoms with Gasteiger partial charge in [0.2, 0.25) is 5.91 Å². The number of nitrogens with zero attached hydrogens (tertiary/aromatic N) is 1. The summed E-state index contributed by atoms with van der Waals surface area (Å²) in [6.07, 6.45) is 3.32. The molecule has 0 aliphatic carbocycles. The third-order valence-corrected chi connectivity index (χ3v) is 2.29. The number of hydrogen-bond acceptors (Lipinski definition) is 3. The Morgan fingerprint density at radius 2 is 2.33 bits per heavy atom. The maximum absolute atomic E-state index is 11.9. The summed E-state index contributed by atoms with van der Waals surface area (Å²) in [6.45, 7) is 6.95. The normalized spacial score (nSPS) is 12.2. The first-order valence-corrected chi connectivity index (χ1v) is 5.38. The number of carbonyl (C=O) groups excluding carboxylic acids is 1. The van der Waals surface area contributed by atoms with Gasteiger partial charge in [-0.1, -0.05) is 13.0 Å². The maximum Gasteiger partial charge on any atom is 0.225 e. The van der Waals surface area contributed by atoms with Gasteiger partial charge in [0.25, 0.3) is 0 Å². The van der Waals surface area contributed by atoms with Crippen molar-refractivity contribution < 1.29 is 9.90 Å². The molecule has 0 aliphatic rings. The minimum Gasteiger partial charge on any atom is -0.395 e. The smallest absolute Gasteiger partial charge is 0.225 e. The Labute approximate surface area is 91.8 Å². The largest absolute Gasteiger partial charge is 0.395 e. The van der Waals surface area contributed by atoms with E-state index in [4.69, 9.17) is 10.8 Å². The summed E-state index contributed by atoms with van der Waals surface area (Å²) in [5.74, 6) is 0.0393. The first-order chi connectivity index (χ1) is 7.17. The van der Waals surface area contributed by atoms with E-state index in [1.54, 1.807) is 11.0 Å². The van der Waals surface area contributed by atoms with Crippen LogP contribution in [0.5, 0.6) is 0 Å². The monoisotopic (exact) mass is 214 g/mol. The van der Waals surface area contributed by atoms with Crippen molar-refractivity contribution >= 4 is 5.91 Å². The molecule has 0 aliphatic heterocycles. The summed E-state index contributed by atoms with van der Waals surface area (Å²) < 4.78 is 0. The molecule has 0 saturated carbocycles. The number of amides is 1. The molecule has 0 aromatic rings. The highest BCUT2D eigenvalue weighted by Gasteiger charge is 2.18. The summed E-state index contributed by atoms with van der Waals surface area (Å²) in [5.41, 5.74) is 5.39. The molecule has 0 fully saturated rings. The highest BCUT2D eigenvalue weighted by Crippen LogP contribution is 2.09. The highest BCUT2D eigenvalue weighted by molar-refractivity contribution is 5.78. The molecule has 0 aromatic heterocycles. The van der Waals surface area contributed by atoms with Crippen molar-refractivity contribution in [3.8, 4) is 0 Å². The van der Waals surface area contributed by atoms with Crippen LogP contribution in [0.1, 0.15) is 19.8 Å². The average Bonchev–Trinajstić information content (AvgIpc) is 2.24. The quantitative estimate of drug-likeness (QED) is 0.574. The van der Waals surface area contributed by atoms with E-state index in [2.05, 4.69) is 6.58 Å². The van der Waals surface area contributed by atoms with Gasteiger partial charge in [-0.05, 0) is 19.4 Å². The van der Waals surface area contributed by atoms with Crippen molar-refractivity contribution in [3.63, 3.8) is 0 Å². The Balaban J connectivity index is 4.14. The van der Waals surface area contributed by atoms with E-state index in [0.29, 0.717) is 19.6 Å². The van der Waals surface area contributed by atoms with Crippen molar-refractivity contribution in [2.75, 3.05) is 26.2 Å². The standard InChI is InChI=1S/C11H22N2O2/c1-3-7-13(8-9-14)11(15)10(2)5-4-6-12/h3,10,14H,1,4-9,12H2,2H3. The fourth-order valence-electron chi connectivity index (χ4n) is 1.43. The highest BCUT2D eigenvalue weighted by atomic mass is 16.3. The Morgan fingerprint density at radius 3 is 2.80 bits per heavy atom. The van der Waals surface area contributed by atoms with Gasteiger partial charge in [0.15, 0.2) is 0 Å². The van der Waals surface area contributed by atoms with Gasteiger partial charge in [-0.25, -0.2) is 0 Å². The van der Waals surface area contributed by atoms with Crippen LogP contribution in [0.4, 0.5) is 0 Å². The van der Waals surface area contributed by atoms with E-state index in [1.165, 1.54) is 0 Å². The molecule has 0 saturated heterocycles. The van der Waals surface area contributed by atoms with Crippen LogP contribution in [-0.4, -0.2) is 42.2 Å². The Kier molecular flexibility index (Phi) is 7.95. The molecule has 15 heavy (non-hydrogen) atoms. The van der Waals surface area contributed by atoms with E-state index in [-0.39, 0.29) is 18.4 Å². The fourth-order valence-corrected chi connectivity index (χ4v) is 1.43. The second-order valence-corrected chi connectivity index (χ2v) is 3.63. The molecule has 88 valence electrons. The molecule has 0 heterocycles. The lowest BCUT2D eigenvalue weighted by Gasteiger charge is -2.23. The zero-order valence-corrected chi connectivity index (χ0v) is 9.48. The van der Waals surface area contributed by atoms with Crippen LogP contribution in [0.3, 0.4) is 0 Å². The lowest BCUT2D eigenvalue weighted by Crippen LogP contribution is -2.37. The van der Waals surface area contributed by atoms with Gasteiger partial charge in [0, 0.05) is 19.0 Å². The maximum atomic E-state index is 11.9.